The van der Waals surface area contributed by atoms with E-state index in [1.807, 2.05) is 17.0 Å². The lowest BCUT2D eigenvalue weighted by Gasteiger charge is -2.39. The van der Waals surface area contributed by atoms with E-state index in [0.717, 1.165) is 64.0 Å². The summed E-state index contributed by atoms with van der Waals surface area (Å²) < 4.78 is 0. The van der Waals surface area contributed by atoms with Crippen LogP contribution in [0.4, 0.5) is 5.69 Å². The molecule has 4 aliphatic heterocycles. The summed E-state index contributed by atoms with van der Waals surface area (Å²) in [6.45, 7) is 4.64. The number of benzene rings is 1. The second-order valence-electron chi connectivity index (χ2n) is 10.1. The van der Waals surface area contributed by atoms with Crippen molar-refractivity contribution in [3.63, 3.8) is 0 Å². The molecule has 7 nitrogen and oxygen atoms in total. The summed E-state index contributed by atoms with van der Waals surface area (Å²) in [6.07, 6.45) is 5.57. The number of likely N-dealkylation sites (tertiary alicyclic amines) is 2. The number of amides is 2. The number of carbonyl (C=O) groups is 2. The first-order valence-electron chi connectivity index (χ1n) is 12.3. The molecule has 0 radical (unpaired) electrons. The van der Waals surface area contributed by atoms with E-state index in [1.165, 1.54) is 5.56 Å². The van der Waals surface area contributed by atoms with Crippen LogP contribution in [-0.2, 0) is 16.0 Å². The molecule has 7 heteroatoms. The van der Waals surface area contributed by atoms with Crippen LogP contribution >= 0.6 is 0 Å². The summed E-state index contributed by atoms with van der Waals surface area (Å²) in [5.74, 6) is 0.385. The summed E-state index contributed by atoms with van der Waals surface area (Å²) in [5.41, 5.74) is 2.34. The van der Waals surface area contributed by atoms with E-state index in [9.17, 15) is 9.59 Å². The van der Waals surface area contributed by atoms with Crippen LogP contribution in [0.3, 0.4) is 0 Å². The number of hydrogen-bond acceptors (Lipinski definition) is 5. The number of hydrogen-bond donors (Lipinski definition) is 1. The fourth-order valence-electron chi connectivity index (χ4n) is 6.35. The molecule has 4 aliphatic rings. The molecule has 0 aromatic heterocycles. The molecular formula is C25H37N5O2. The standard InChI is InChI=1S/C25H37N5O2/c1-27-13-10-19(11-14-27)29-16-12-22-24(29)25(32)26-17-20(28(22)2)7-8-23(31)30-15-9-18-5-3-4-6-21(18)30/h3-6,19-20,22,24H,7-17H2,1-2H3,(H,26,32). The zero-order valence-electron chi connectivity index (χ0n) is 19.5. The van der Waals surface area contributed by atoms with E-state index in [2.05, 4.69) is 46.2 Å². The molecule has 0 aliphatic carbocycles. The highest BCUT2D eigenvalue weighted by atomic mass is 16.2. The number of nitrogens with zero attached hydrogens (tertiary/aromatic N) is 4. The number of nitrogens with one attached hydrogen (secondary N) is 1. The molecular weight excluding hydrogens is 402 g/mol. The summed E-state index contributed by atoms with van der Waals surface area (Å²) >= 11 is 0. The molecule has 3 fully saturated rings. The van der Waals surface area contributed by atoms with Crippen molar-refractivity contribution in [2.45, 2.75) is 62.7 Å². The van der Waals surface area contributed by atoms with E-state index >= 15 is 0 Å². The maximum absolute atomic E-state index is 13.1. The SMILES string of the molecule is CN1CCC(N2CCC3C2C(=O)NCC(CCC(=O)N2CCc4ccccc42)N3C)CC1. The Kier molecular flexibility index (Phi) is 6.23. The first kappa shape index (κ1) is 21.9. The first-order chi connectivity index (χ1) is 15.5. The number of carbonyl (C=O) groups excluding carboxylic acids is 2. The molecule has 3 saturated heterocycles. The molecule has 0 saturated carbocycles. The molecule has 2 amide bonds. The second-order valence-corrected chi connectivity index (χ2v) is 10.1. The highest BCUT2D eigenvalue weighted by Gasteiger charge is 2.47. The summed E-state index contributed by atoms with van der Waals surface area (Å²) in [7, 11) is 4.35. The van der Waals surface area contributed by atoms with Gasteiger partial charge in [0.05, 0.1) is 0 Å². The van der Waals surface area contributed by atoms with Crippen molar-refractivity contribution in [1.29, 1.82) is 0 Å². The molecule has 3 atom stereocenters. The van der Waals surface area contributed by atoms with Crippen LogP contribution in [0.2, 0.25) is 0 Å². The zero-order chi connectivity index (χ0) is 22.2. The average molecular weight is 440 g/mol. The van der Waals surface area contributed by atoms with Gasteiger partial charge in [0.15, 0.2) is 0 Å². The van der Waals surface area contributed by atoms with Crippen molar-refractivity contribution in [3.05, 3.63) is 29.8 Å². The van der Waals surface area contributed by atoms with Gasteiger partial charge in [0.2, 0.25) is 11.8 Å². The third-order valence-corrected chi connectivity index (χ3v) is 8.32. The normalized spacial score (nSPS) is 30.1. The Balaban J connectivity index is 1.22. The molecule has 1 aromatic carbocycles. The van der Waals surface area contributed by atoms with E-state index in [4.69, 9.17) is 0 Å². The molecule has 4 heterocycles. The van der Waals surface area contributed by atoms with Gasteiger partial charge in [0, 0.05) is 49.9 Å². The van der Waals surface area contributed by atoms with Gasteiger partial charge in [-0.05, 0) is 70.9 Å². The summed E-state index contributed by atoms with van der Waals surface area (Å²) in [5, 5.41) is 3.23. The number of rotatable bonds is 4. The second kappa shape index (κ2) is 9.12. The maximum Gasteiger partial charge on any atom is 0.239 e. The maximum atomic E-state index is 13.1. The highest BCUT2D eigenvalue weighted by Crippen LogP contribution is 2.32. The van der Waals surface area contributed by atoms with Crippen molar-refractivity contribution in [1.82, 2.24) is 20.0 Å². The lowest BCUT2D eigenvalue weighted by molar-refractivity contribution is -0.127. The van der Waals surface area contributed by atoms with E-state index in [1.54, 1.807) is 0 Å². The largest absolute Gasteiger partial charge is 0.353 e. The first-order valence-corrected chi connectivity index (χ1v) is 12.3. The van der Waals surface area contributed by atoms with Crippen LogP contribution < -0.4 is 10.2 Å². The Bertz CT molecular complexity index is 852. The van der Waals surface area contributed by atoms with Gasteiger partial charge in [-0.15, -0.1) is 0 Å². The predicted octanol–water partition coefficient (Wildman–Crippen LogP) is 1.32. The molecule has 174 valence electrons. The fraction of sp³-hybridized carbons (Fsp3) is 0.680. The Morgan fingerprint density at radius 1 is 1.06 bits per heavy atom. The quantitative estimate of drug-likeness (QED) is 0.767. The molecule has 0 bridgehead atoms. The minimum Gasteiger partial charge on any atom is -0.353 e. The van der Waals surface area contributed by atoms with E-state index < -0.39 is 0 Å². The van der Waals surface area contributed by atoms with Crippen LogP contribution in [0.15, 0.2) is 24.3 Å². The van der Waals surface area contributed by atoms with Crippen molar-refractivity contribution >= 4 is 17.5 Å². The van der Waals surface area contributed by atoms with Gasteiger partial charge in [0.1, 0.15) is 6.04 Å². The Morgan fingerprint density at radius 2 is 1.84 bits per heavy atom. The summed E-state index contributed by atoms with van der Waals surface area (Å²) in [6, 6.07) is 9.12. The minimum absolute atomic E-state index is 0.0560. The Labute approximate surface area is 191 Å². The van der Waals surface area contributed by atoms with Gasteiger partial charge in [-0.3, -0.25) is 19.4 Å². The molecule has 3 unspecified atom stereocenters. The lowest BCUT2D eigenvalue weighted by atomic mass is 10.0. The molecule has 1 N–H and O–H groups in total. The van der Waals surface area contributed by atoms with Crippen LogP contribution in [0, 0.1) is 0 Å². The molecule has 5 rings (SSSR count). The lowest BCUT2D eigenvalue weighted by Crippen LogP contribution is -2.54. The predicted molar refractivity (Wildman–Crippen MR) is 126 cm³/mol. The van der Waals surface area contributed by atoms with Crippen LogP contribution in [0.5, 0.6) is 0 Å². The Morgan fingerprint density at radius 3 is 2.66 bits per heavy atom. The number of piperidine rings is 1. The third-order valence-electron chi connectivity index (χ3n) is 8.32. The molecule has 1 aromatic rings. The third kappa shape index (κ3) is 4.06. The van der Waals surface area contributed by atoms with Gasteiger partial charge < -0.3 is 15.1 Å². The van der Waals surface area contributed by atoms with Crippen LogP contribution in [0.1, 0.15) is 37.7 Å². The van der Waals surface area contributed by atoms with Gasteiger partial charge in [0.25, 0.3) is 0 Å². The minimum atomic E-state index is -0.0560. The van der Waals surface area contributed by atoms with Gasteiger partial charge in [-0.2, -0.15) is 0 Å². The fourth-order valence-corrected chi connectivity index (χ4v) is 6.35. The van der Waals surface area contributed by atoms with E-state index in [-0.39, 0.29) is 29.9 Å². The average Bonchev–Trinajstić information content (AvgIpc) is 3.41. The Hall–Kier alpha value is -1.96. The highest BCUT2D eigenvalue weighted by molar-refractivity contribution is 5.95. The van der Waals surface area contributed by atoms with Crippen molar-refractivity contribution in [3.8, 4) is 0 Å². The van der Waals surface area contributed by atoms with Gasteiger partial charge in [-0.25, -0.2) is 0 Å². The van der Waals surface area contributed by atoms with Crippen LogP contribution in [-0.4, -0.2) is 97.5 Å². The zero-order valence-corrected chi connectivity index (χ0v) is 19.5. The van der Waals surface area contributed by atoms with Crippen molar-refractivity contribution < 1.29 is 9.59 Å². The topological polar surface area (TPSA) is 59.1 Å². The smallest absolute Gasteiger partial charge is 0.239 e. The van der Waals surface area contributed by atoms with Gasteiger partial charge in [-0.1, -0.05) is 18.2 Å². The van der Waals surface area contributed by atoms with Crippen molar-refractivity contribution in [2.24, 2.45) is 0 Å². The number of fused-ring (bicyclic) bond motifs is 2. The molecule has 0 spiro atoms. The summed E-state index contributed by atoms with van der Waals surface area (Å²) in [4.78, 5) is 35.4. The number of anilines is 1. The number of likely N-dealkylation sites (N-methyl/N-ethyl adjacent to an activating group) is 1. The van der Waals surface area contributed by atoms with Crippen molar-refractivity contribution in [2.75, 3.05) is 51.7 Å². The van der Waals surface area contributed by atoms with Crippen LogP contribution in [0.25, 0.3) is 0 Å². The molecule has 32 heavy (non-hydrogen) atoms. The number of para-hydroxylation sites is 1. The monoisotopic (exact) mass is 439 g/mol. The van der Waals surface area contributed by atoms with Gasteiger partial charge >= 0.3 is 0 Å². The van der Waals surface area contributed by atoms with E-state index in [0.29, 0.717) is 19.0 Å².